The van der Waals surface area contributed by atoms with Gasteiger partial charge in [-0.1, -0.05) is 11.8 Å². The first kappa shape index (κ1) is 13.6. The zero-order valence-electron chi connectivity index (χ0n) is 10.7. The van der Waals surface area contributed by atoms with Gasteiger partial charge in [-0.2, -0.15) is 0 Å². The smallest absolute Gasteiger partial charge is 0.255 e. The zero-order chi connectivity index (χ0) is 13.7. The number of likely N-dealkylation sites (tertiary alicyclic amines) is 1. The molecule has 1 aliphatic rings. The van der Waals surface area contributed by atoms with Crippen LogP contribution in [0.25, 0.3) is 0 Å². The Labute approximate surface area is 112 Å². The summed E-state index contributed by atoms with van der Waals surface area (Å²) in [5.74, 6) is 4.99. The highest BCUT2D eigenvalue weighted by molar-refractivity contribution is 5.96. The van der Waals surface area contributed by atoms with E-state index in [9.17, 15) is 9.18 Å². The molecule has 0 radical (unpaired) electrons. The molecule has 0 aromatic heterocycles. The minimum Gasteiger partial charge on any atom is -0.395 e. The van der Waals surface area contributed by atoms with Gasteiger partial charge in [-0.05, 0) is 31.0 Å². The molecule has 1 N–H and O–H groups in total. The monoisotopic (exact) mass is 261 g/mol. The Kier molecular flexibility index (Phi) is 4.53. The van der Waals surface area contributed by atoms with Gasteiger partial charge in [-0.15, -0.1) is 0 Å². The van der Waals surface area contributed by atoms with Gasteiger partial charge in [0.15, 0.2) is 0 Å². The maximum absolute atomic E-state index is 13.3. The third-order valence-corrected chi connectivity index (χ3v) is 3.07. The van der Waals surface area contributed by atoms with Crippen LogP contribution in [0.5, 0.6) is 0 Å². The van der Waals surface area contributed by atoms with Crippen molar-refractivity contribution < 1.29 is 14.3 Å². The van der Waals surface area contributed by atoms with Crippen LogP contribution >= 0.6 is 0 Å². The molecule has 1 aliphatic heterocycles. The van der Waals surface area contributed by atoms with Gasteiger partial charge in [0.2, 0.25) is 0 Å². The van der Waals surface area contributed by atoms with Crippen molar-refractivity contribution in [2.75, 3.05) is 19.7 Å². The van der Waals surface area contributed by atoms with Gasteiger partial charge in [0, 0.05) is 25.1 Å². The number of nitrogens with zero attached hydrogens (tertiary/aromatic N) is 1. The molecule has 0 saturated carbocycles. The van der Waals surface area contributed by atoms with Crippen LogP contribution in [0, 0.1) is 17.7 Å². The highest BCUT2D eigenvalue weighted by Crippen LogP contribution is 2.17. The molecule has 1 aromatic carbocycles. The normalized spacial score (nSPS) is 14.1. The average Bonchev–Trinajstić information content (AvgIpc) is 2.92. The third-order valence-electron chi connectivity index (χ3n) is 3.07. The van der Waals surface area contributed by atoms with E-state index in [1.54, 1.807) is 4.90 Å². The highest BCUT2D eigenvalue weighted by Gasteiger charge is 2.21. The van der Waals surface area contributed by atoms with Gasteiger partial charge in [0.1, 0.15) is 5.82 Å². The molecule has 1 saturated heterocycles. The van der Waals surface area contributed by atoms with Crippen molar-refractivity contribution in [2.24, 2.45) is 0 Å². The fourth-order valence-electron chi connectivity index (χ4n) is 2.11. The first-order valence-electron chi connectivity index (χ1n) is 6.41. The Bertz CT molecular complexity index is 525. The Morgan fingerprint density at radius 3 is 2.79 bits per heavy atom. The summed E-state index contributed by atoms with van der Waals surface area (Å²) >= 11 is 0. The first-order valence-corrected chi connectivity index (χ1v) is 6.41. The van der Waals surface area contributed by atoms with Crippen LogP contribution in [0.15, 0.2) is 18.2 Å². The van der Waals surface area contributed by atoms with Crippen molar-refractivity contribution >= 4 is 5.91 Å². The van der Waals surface area contributed by atoms with Crippen molar-refractivity contribution in [1.82, 2.24) is 4.90 Å². The molecule has 4 heteroatoms. The van der Waals surface area contributed by atoms with Crippen LogP contribution in [-0.2, 0) is 0 Å². The van der Waals surface area contributed by atoms with Crippen molar-refractivity contribution in [3.63, 3.8) is 0 Å². The van der Waals surface area contributed by atoms with Gasteiger partial charge in [-0.25, -0.2) is 4.39 Å². The van der Waals surface area contributed by atoms with Crippen LogP contribution in [0.2, 0.25) is 0 Å². The molecule has 0 unspecified atom stereocenters. The Morgan fingerprint density at radius 2 is 2.11 bits per heavy atom. The summed E-state index contributed by atoms with van der Waals surface area (Å²) in [5.41, 5.74) is 0.832. The molecule has 1 fully saturated rings. The predicted octanol–water partition coefficient (Wildman–Crippen LogP) is 1.80. The molecule has 0 atom stereocenters. The number of carbonyl (C=O) groups excluding carboxylic acids is 1. The Balaban J connectivity index is 2.28. The van der Waals surface area contributed by atoms with Crippen LogP contribution in [-0.4, -0.2) is 35.6 Å². The van der Waals surface area contributed by atoms with E-state index < -0.39 is 5.82 Å². The van der Waals surface area contributed by atoms with E-state index in [0.29, 0.717) is 17.5 Å². The summed E-state index contributed by atoms with van der Waals surface area (Å²) in [6, 6.07) is 4.03. The zero-order valence-corrected chi connectivity index (χ0v) is 10.7. The number of carbonyl (C=O) groups is 1. The summed E-state index contributed by atoms with van der Waals surface area (Å²) in [4.78, 5) is 14.1. The molecule has 0 aliphatic carbocycles. The second-order valence-corrected chi connectivity index (χ2v) is 4.46. The summed E-state index contributed by atoms with van der Waals surface area (Å²) < 4.78 is 13.3. The van der Waals surface area contributed by atoms with Crippen molar-refractivity contribution in [3.05, 3.63) is 35.1 Å². The van der Waals surface area contributed by atoms with E-state index in [2.05, 4.69) is 11.8 Å². The van der Waals surface area contributed by atoms with Crippen molar-refractivity contribution in [1.29, 1.82) is 0 Å². The number of amides is 1. The van der Waals surface area contributed by atoms with Gasteiger partial charge >= 0.3 is 0 Å². The lowest BCUT2D eigenvalue weighted by molar-refractivity contribution is 0.0792. The van der Waals surface area contributed by atoms with E-state index in [-0.39, 0.29) is 12.5 Å². The summed E-state index contributed by atoms with van der Waals surface area (Å²) in [5, 5.41) is 8.70. The Hall–Kier alpha value is -1.86. The summed E-state index contributed by atoms with van der Waals surface area (Å²) in [6.07, 6.45) is 2.34. The summed E-state index contributed by atoms with van der Waals surface area (Å²) in [6.45, 7) is 1.46. The lowest BCUT2D eigenvalue weighted by Crippen LogP contribution is -2.28. The maximum Gasteiger partial charge on any atom is 0.255 e. The van der Waals surface area contributed by atoms with Crippen LogP contribution in [0.3, 0.4) is 0 Å². The van der Waals surface area contributed by atoms with Gasteiger partial charge in [-0.3, -0.25) is 4.79 Å². The second-order valence-electron chi connectivity index (χ2n) is 4.46. The lowest BCUT2D eigenvalue weighted by atomic mass is 10.1. The molecule has 1 aromatic rings. The fraction of sp³-hybridized carbons (Fsp3) is 0.400. The molecule has 19 heavy (non-hydrogen) atoms. The van der Waals surface area contributed by atoms with Gasteiger partial charge in [0.25, 0.3) is 5.91 Å². The third kappa shape index (κ3) is 3.33. The van der Waals surface area contributed by atoms with Crippen LogP contribution in [0.1, 0.15) is 35.2 Å². The molecular weight excluding hydrogens is 245 g/mol. The van der Waals surface area contributed by atoms with Gasteiger partial charge in [0.05, 0.1) is 12.2 Å². The Morgan fingerprint density at radius 1 is 1.37 bits per heavy atom. The second kappa shape index (κ2) is 6.35. The van der Waals surface area contributed by atoms with E-state index in [1.165, 1.54) is 18.2 Å². The fourth-order valence-corrected chi connectivity index (χ4v) is 2.11. The van der Waals surface area contributed by atoms with Crippen LogP contribution in [0.4, 0.5) is 4.39 Å². The molecule has 1 heterocycles. The topological polar surface area (TPSA) is 40.5 Å². The number of rotatable bonds is 2. The number of benzene rings is 1. The quantitative estimate of drug-likeness (QED) is 0.825. The number of hydrogen-bond donors (Lipinski definition) is 1. The SMILES string of the molecule is O=C(c1ccc(F)cc1C#CCCO)N1CCCC1. The van der Waals surface area contributed by atoms with E-state index in [4.69, 9.17) is 5.11 Å². The molecule has 0 bridgehead atoms. The lowest BCUT2D eigenvalue weighted by Gasteiger charge is -2.16. The highest BCUT2D eigenvalue weighted by atomic mass is 19.1. The average molecular weight is 261 g/mol. The molecule has 1 amide bonds. The van der Waals surface area contributed by atoms with Crippen molar-refractivity contribution in [3.8, 4) is 11.8 Å². The molecule has 0 spiro atoms. The molecule has 2 rings (SSSR count). The molecule has 100 valence electrons. The van der Waals surface area contributed by atoms with E-state index in [0.717, 1.165) is 25.9 Å². The van der Waals surface area contributed by atoms with Gasteiger partial charge < -0.3 is 10.0 Å². The minimum atomic E-state index is -0.411. The largest absolute Gasteiger partial charge is 0.395 e. The number of hydrogen-bond acceptors (Lipinski definition) is 2. The number of aliphatic hydroxyl groups is 1. The van der Waals surface area contributed by atoms with Crippen molar-refractivity contribution in [2.45, 2.75) is 19.3 Å². The minimum absolute atomic E-state index is 0.0439. The standard InChI is InChI=1S/C15H16FNO2/c16-13-6-7-14(12(11-13)5-1-4-10-18)15(19)17-8-2-3-9-17/h6-7,11,18H,2-4,8-10H2. The van der Waals surface area contributed by atoms with E-state index in [1.807, 2.05) is 0 Å². The predicted molar refractivity (Wildman–Crippen MR) is 70.1 cm³/mol. The van der Waals surface area contributed by atoms with Crippen LogP contribution < -0.4 is 0 Å². The maximum atomic E-state index is 13.3. The molecule has 3 nitrogen and oxygen atoms in total. The summed E-state index contributed by atoms with van der Waals surface area (Å²) in [7, 11) is 0. The molecular formula is C15H16FNO2. The number of aliphatic hydroxyl groups excluding tert-OH is 1. The van der Waals surface area contributed by atoms with E-state index >= 15 is 0 Å². The number of halogens is 1. The first-order chi connectivity index (χ1) is 9.22.